The molecule has 4 nitrogen and oxygen atoms in total. The molecule has 17 heavy (non-hydrogen) atoms. The molecule has 1 saturated heterocycles. The quantitative estimate of drug-likeness (QED) is 0.577. The topological polar surface area (TPSA) is 63.4 Å². The van der Waals surface area contributed by atoms with Crippen molar-refractivity contribution in [1.82, 2.24) is 4.90 Å². The maximum Gasteiger partial charge on any atom is 0.233 e. The van der Waals surface area contributed by atoms with Gasteiger partial charge < -0.3 is 5.73 Å². The molecule has 1 aliphatic heterocycles. The lowest BCUT2D eigenvalue weighted by atomic mass is 10.00. The van der Waals surface area contributed by atoms with Gasteiger partial charge in [0.1, 0.15) is 0 Å². The van der Waals surface area contributed by atoms with Crippen LogP contribution < -0.4 is 5.73 Å². The standard InChI is InChI=1S/C13H22N2O2/c1-2-9-7-10-11(8-9)13(17)15(12(10)16)6-4-3-5-14/h9-11H,2-8,14H2,1H3. The Morgan fingerprint density at radius 2 is 1.76 bits per heavy atom. The number of hydrogen-bond acceptors (Lipinski definition) is 3. The largest absolute Gasteiger partial charge is 0.330 e. The third kappa shape index (κ3) is 2.23. The molecule has 2 amide bonds. The predicted molar refractivity (Wildman–Crippen MR) is 65.0 cm³/mol. The van der Waals surface area contributed by atoms with Crippen molar-refractivity contribution in [3.63, 3.8) is 0 Å². The van der Waals surface area contributed by atoms with Crippen molar-refractivity contribution in [2.75, 3.05) is 13.1 Å². The van der Waals surface area contributed by atoms with Gasteiger partial charge in [-0.15, -0.1) is 0 Å². The Bertz CT molecular complexity index is 293. The second-order valence-electron chi connectivity index (χ2n) is 5.28. The zero-order valence-electron chi connectivity index (χ0n) is 10.5. The van der Waals surface area contributed by atoms with Gasteiger partial charge in [0.05, 0.1) is 11.8 Å². The number of amides is 2. The zero-order chi connectivity index (χ0) is 12.4. The number of carbonyl (C=O) groups is 2. The summed E-state index contributed by atoms with van der Waals surface area (Å²) < 4.78 is 0. The Kier molecular flexibility index (Phi) is 3.82. The first kappa shape index (κ1) is 12.6. The van der Waals surface area contributed by atoms with E-state index < -0.39 is 0 Å². The summed E-state index contributed by atoms with van der Waals surface area (Å²) in [4.78, 5) is 25.7. The summed E-state index contributed by atoms with van der Waals surface area (Å²) in [7, 11) is 0. The van der Waals surface area contributed by atoms with E-state index in [9.17, 15) is 9.59 Å². The smallest absolute Gasteiger partial charge is 0.233 e. The Labute approximate surface area is 103 Å². The minimum absolute atomic E-state index is 0.00896. The lowest BCUT2D eigenvalue weighted by Crippen LogP contribution is -2.33. The Balaban J connectivity index is 1.96. The maximum atomic E-state index is 12.1. The summed E-state index contributed by atoms with van der Waals surface area (Å²) in [6.07, 6.45) is 4.63. The van der Waals surface area contributed by atoms with Gasteiger partial charge in [0.2, 0.25) is 11.8 Å². The first-order valence-electron chi connectivity index (χ1n) is 6.74. The van der Waals surface area contributed by atoms with Crippen molar-refractivity contribution in [3.8, 4) is 0 Å². The van der Waals surface area contributed by atoms with Gasteiger partial charge in [-0.3, -0.25) is 14.5 Å². The summed E-state index contributed by atoms with van der Waals surface area (Å²) in [6, 6.07) is 0. The predicted octanol–water partition coefficient (Wildman–Crippen LogP) is 1.15. The average molecular weight is 238 g/mol. The van der Waals surface area contributed by atoms with Crippen LogP contribution >= 0.6 is 0 Å². The molecule has 2 unspecified atom stereocenters. The summed E-state index contributed by atoms with van der Waals surface area (Å²) >= 11 is 0. The van der Waals surface area contributed by atoms with E-state index in [2.05, 4.69) is 6.92 Å². The fourth-order valence-electron chi connectivity index (χ4n) is 3.17. The third-order valence-electron chi connectivity index (χ3n) is 4.24. The minimum atomic E-state index is -0.00896. The van der Waals surface area contributed by atoms with Gasteiger partial charge in [0.25, 0.3) is 0 Å². The van der Waals surface area contributed by atoms with Crippen LogP contribution in [0.1, 0.15) is 39.0 Å². The van der Waals surface area contributed by atoms with Crippen LogP contribution in [-0.2, 0) is 9.59 Å². The van der Waals surface area contributed by atoms with E-state index in [4.69, 9.17) is 5.73 Å². The molecular formula is C13H22N2O2. The molecule has 1 aliphatic carbocycles. The maximum absolute atomic E-state index is 12.1. The fourth-order valence-corrected chi connectivity index (χ4v) is 3.17. The number of imide groups is 1. The van der Waals surface area contributed by atoms with E-state index >= 15 is 0 Å². The van der Waals surface area contributed by atoms with Crippen molar-refractivity contribution in [2.24, 2.45) is 23.5 Å². The molecule has 0 aromatic carbocycles. The van der Waals surface area contributed by atoms with Crippen LogP contribution in [-0.4, -0.2) is 29.8 Å². The molecule has 1 heterocycles. The van der Waals surface area contributed by atoms with E-state index in [1.165, 1.54) is 4.90 Å². The zero-order valence-corrected chi connectivity index (χ0v) is 10.5. The monoisotopic (exact) mass is 238 g/mol. The molecule has 1 saturated carbocycles. The van der Waals surface area contributed by atoms with Crippen LogP contribution in [0, 0.1) is 17.8 Å². The number of likely N-dealkylation sites (tertiary alicyclic amines) is 1. The van der Waals surface area contributed by atoms with Crippen LogP contribution in [0.3, 0.4) is 0 Å². The molecular weight excluding hydrogens is 216 g/mol. The van der Waals surface area contributed by atoms with Gasteiger partial charge >= 0.3 is 0 Å². The van der Waals surface area contributed by atoms with Crippen LogP contribution in [0.25, 0.3) is 0 Å². The first-order valence-corrected chi connectivity index (χ1v) is 6.74. The van der Waals surface area contributed by atoms with Gasteiger partial charge in [0.15, 0.2) is 0 Å². The highest BCUT2D eigenvalue weighted by atomic mass is 16.2. The molecule has 96 valence electrons. The van der Waals surface area contributed by atoms with E-state index in [0.717, 1.165) is 32.1 Å². The summed E-state index contributed by atoms with van der Waals surface area (Å²) in [6.45, 7) is 3.33. The van der Waals surface area contributed by atoms with Crippen molar-refractivity contribution in [3.05, 3.63) is 0 Å². The number of fused-ring (bicyclic) bond motifs is 1. The Morgan fingerprint density at radius 3 is 2.24 bits per heavy atom. The molecule has 0 radical (unpaired) electrons. The molecule has 0 aromatic rings. The first-order chi connectivity index (χ1) is 8.19. The molecule has 2 fully saturated rings. The second-order valence-corrected chi connectivity index (χ2v) is 5.28. The highest BCUT2D eigenvalue weighted by Crippen LogP contribution is 2.44. The number of rotatable bonds is 5. The number of unbranched alkanes of at least 4 members (excludes halogenated alkanes) is 1. The molecule has 2 aliphatic rings. The Hall–Kier alpha value is -0.900. The van der Waals surface area contributed by atoms with Gasteiger partial charge in [-0.2, -0.15) is 0 Å². The molecule has 4 heteroatoms. The van der Waals surface area contributed by atoms with Crippen LogP contribution in [0.15, 0.2) is 0 Å². The Morgan fingerprint density at radius 1 is 1.18 bits per heavy atom. The van der Waals surface area contributed by atoms with Crippen molar-refractivity contribution in [2.45, 2.75) is 39.0 Å². The summed E-state index contributed by atoms with van der Waals surface area (Å²) in [5.74, 6) is 0.709. The minimum Gasteiger partial charge on any atom is -0.330 e. The SMILES string of the molecule is CCC1CC2C(=O)N(CCCCN)C(=O)C2C1. The summed E-state index contributed by atoms with van der Waals surface area (Å²) in [5, 5.41) is 0. The summed E-state index contributed by atoms with van der Waals surface area (Å²) in [5.41, 5.74) is 5.42. The van der Waals surface area contributed by atoms with E-state index in [1.807, 2.05) is 0 Å². The number of hydrogen-bond donors (Lipinski definition) is 1. The highest BCUT2D eigenvalue weighted by molar-refractivity contribution is 6.05. The van der Waals surface area contributed by atoms with Crippen LogP contribution in [0.5, 0.6) is 0 Å². The van der Waals surface area contributed by atoms with Gasteiger partial charge in [0, 0.05) is 6.54 Å². The highest BCUT2D eigenvalue weighted by Gasteiger charge is 2.51. The molecule has 0 aromatic heterocycles. The second kappa shape index (κ2) is 5.17. The van der Waals surface area contributed by atoms with Crippen LogP contribution in [0.2, 0.25) is 0 Å². The molecule has 2 atom stereocenters. The van der Waals surface area contributed by atoms with Gasteiger partial charge in [-0.05, 0) is 38.1 Å². The van der Waals surface area contributed by atoms with Gasteiger partial charge in [-0.25, -0.2) is 0 Å². The van der Waals surface area contributed by atoms with E-state index in [1.54, 1.807) is 0 Å². The lowest BCUT2D eigenvalue weighted by molar-refractivity contribution is -0.140. The molecule has 0 bridgehead atoms. The number of nitrogens with zero attached hydrogens (tertiary/aromatic N) is 1. The lowest BCUT2D eigenvalue weighted by Gasteiger charge is -2.17. The normalized spacial score (nSPS) is 32.4. The van der Waals surface area contributed by atoms with Crippen molar-refractivity contribution < 1.29 is 9.59 Å². The molecule has 2 N–H and O–H groups in total. The molecule has 2 rings (SSSR count). The van der Waals surface area contributed by atoms with Gasteiger partial charge in [-0.1, -0.05) is 13.3 Å². The fraction of sp³-hybridized carbons (Fsp3) is 0.846. The number of nitrogens with two attached hydrogens (primary N) is 1. The van der Waals surface area contributed by atoms with Crippen LogP contribution in [0.4, 0.5) is 0 Å². The molecule has 0 spiro atoms. The van der Waals surface area contributed by atoms with Crippen molar-refractivity contribution >= 4 is 11.8 Å². The van der Waals surface area contributed by atoms with Crippen molar-refractivity contribution in [1.29, 1.82) is 0 Å². The number of carbonyl (C=O) groups excluding carboxylic acids is 2. The van der Waals surface area contributed by atoms with E-state index in [0.29, 0.717) is 19.0 Å². The van der Waals surface area contributed by atoms with E-state index in [-0.39, 0.29) is 23.7 Å². The third-order valence-corrected chi connectivity index (χ3v) is 4.24. The average Bonchev–Trinajstić information content (AvgIpc) is 2.84.